The van der Waals surface area contributed by atoms with Gasteiger partial charge in [-0.25, -0.2) is 4.68 Å². The van der Waals surface area contributed by atoms with Gasteiger partial charge in [0.2, 0.25) is 0 Å². The van der Waals surface area contributed by atoms with E-state index in [1.807, 2.05) is 0 Å². The quantitative estimate of drug-likeness (QED) is 0.860. The van der Waals surface area contributed by atoms with Gasteiger partial charge in [0.05, 0.1) is 22.7 Å². The number of rotatable bonds is 2. The summed E-state index contributed by atoms with van der Waals surface area (Å²) >= 11 is 12.2. The summed E-state index contributed by atoms with van der Waals surface area (Å²) in [5.41, 5.74) is 6.94. The molecule has 1 aromatic carbocycles. The van der Waals surface area contributed by atoms with Crippen LogP contribution in [0.1, 0.15) is 12.5 Å². The van der Waals surface area contributed by atoms with Crippen molar-refractivity contribution in [3.8, 4) is 11.4 Å². The maximum absolute atomic E-state index is 6.21. The number of halogens is 2. The Morgan fingerprint density at radius 1 is 1.37 bits per heavy atom. The van der Waals surface area contributed by atoms with Crippen molar-refractivity contribution in [3.05, 3.63) is 22.2 Å². The Labute approximate surface area is 119 Å². The Morgan fingerprint density at radius 2 is 2.21 bits per heavy atom. The number of nitrogen functional groups attached to an aromatic ring is 1. The van der Waals surface area contributed by atoms with Gasteiger partial charge < -0.3 is 10.5 Å². The molecule has 19 heavy (non-hydrogen) atoms. The molecule has 0 amide bonds. The van der Waals surface area contributed by atoms with Crippen LogP contribution in [0.4, 0.5) is 5.69 Å². The lowest BCUT2D eigenvalue weighted by Gasteiger charge is -2.12. The standard InChI is InChI=1S/C11H11Cl2N5O/c12-9-4-6(14)3-8(10(9)13)11-15-16-17-18(11)7-1-2-19-5-7/h3-4,7H,1-2,5,14H2. The van der Waals surface area contributed by atoms with Crippen molar-refractivity contribution in [1.82, 2.24) is 20.2 Å². The molecule has 0 spiro atoms. The summed E-state index contributed by atoms with van der Waals surface area (Å²) in [5, 5.41) is 12.5. The minimum Gasteiger partial charge on any atom is -0.399 e. The zero-order valence-corrected chi connectivity index (χ0v) is 11.4. The molecule has 0 aliphatic carbocycles. The molecule has 2 N–H and O–H groups in total. The topological polar surface area (TPSA) is 78.9 Å². The highest BCUT2D eigenvalue weighted by Crippen LogP contribution is 2.35. The first-order valence-electron chi connectivity index (χ1n) is 5.77. The van der Waals surface area contributed by atoms with Gasteiger partial charge in [0.1, 0.15) is 0 Å². The van der Waals surface area contributed by atoms with Crippen LogP contribution < -0.4 is 5.73 Å². The summed E-state index contributed by atoms with van der Waals surface area (Å²) in [6, 6.07) is 3.42. The second kappa shape index (κ2) is 4.96. The number of ether oxygens (including phenoxy) is 1. The number of nitrogens with zero attached hydrogens (tertiary/aromatic N) is 4. The average molecular weight is 300 g/mol. The van der Waals surface area contributed by atoms with Crippen molar-refractivity contribution < 1.29 is 4.74 Å². The van der Waals surface area contributed by atoms with Crippen molar-refractivity contribution in [3.63, 3.8) is 0 Å². The third kappa shape index (κ3) is 2.27. The Bertz CT molecular complexity index is 609. The van der Waals surface area contributed by atoms with Crippen LogP contribution in [0.25, 0.3) is 11.4 Å². The van der Waals surface area contributed by atoms with Crippen LogP contribution in [0.2, 0.25) is 10.0 Å². The van der Waals surface area contributed by atoms with E-state index in [0.717, 1.165) is 6.42 Å². The normalized spacial score (nSPS) is 18.9. The molecule has 1 fully saturated rings. The number of benzene rings is 1. The number of aromatic nitrogens is 4. The Kier molecular flexibility index (Phi) is 3.30. The summed E-state index contributed by atoms with van der Waals surface area (Å²) in [5.74, 6) is 0.551. The second-order valence-corrected chi connectivity index (χ2v) is 5.11. The Balaban J connectivity index is 2.10. The fourth-order valence-corrected chi connectivity index (χ4v) is 2.53. The SMILES string of the molecule is Nc1cc(Cl)c(Cl)c(-c2nnnn2C2CCOC2)c1. The predicted octanol–water partition coefficient (Wildman–Crippen LogP) is 2.19. The van der Waals surface area contributed by atoms with Gasteiger partial charge in [0.15, 0.2) is 5.82 Å². The molecule has 1 atom stereocenters. The molecule has 8 heteroatoms. The second-order valence-electron chi connectivity index (χ2n) is 4.33. The minimum atomic E-state index is 0.112. The van der Waals surface area contributed by atoms with Gasteiger partial charge in [-0.3, -0.25) is 0 Å². The number of tetrazole rings is 1. The van der Waals surface area contributed by atoms with E-state index in [9.17, 15) is 0 Å². The fraction of sp³-hybridized carbons (Fsp3) is 0.364. The van der Waals surface area contributed by atoms with Gasteiger partial charge in [-0.15, -0.1) is 5.10 Å². The van der Waals surface area contributed by atoms with Gasteiger partial charge in [-0.1, -0.05) is 23.2 Å². The molecule has 0 saturated carbocycles. The highest BCUT2D eigenvalue weighted by atomic mass is 35.5. The Hall–Kier alpha value is -1.37. The molecule has 0 radical (unpaired) electrons. The van der Waals surface area contributed by atoms with Crippen LogP contribution in [-0.4, -0.2) is 33.4 Å². The predicted molar refractivity (Wildman–Crippen MR) is 72.2 cm³/mol. The summed E-state index contributed by atoms with van der Waals surface area (Å²) in [7, 11) is 0. The van der Waals surface area contributed by atoms with E-state index in [0.29, 0.717) is 40.3 Å². The Morgan fingerprint density at radius 3 is 2.95 bits per heavy atom. The van der Waals surface area contributed by atoms with Crippen LogP contribution in [-0.2, 0) is 4.74 Å². The molecule has 100 valence electrons. The average Bonchev–Trinajstić information content (AvgIpc) is 3.02. The summed E-state index contributed by atoms with van der Waals surface area (Å²) in [6.45, 7) is 1.29. The summed E-state index contributed by atoms with van der Waals surface area (Å²) < 4.78 is 7.06. The number of hydrogen-bond donors (Lipinski definition) is 1. The van der Waals surface area contributed by atoms with Crippen molar-refractivity contribution in [2.45, 2.75) is 12.5 Å². The van der Waals surface area contributed by atoms with Gasteiger partial charge in [-0.2, -0.15) is 0 Å². The molecule has 2 heterocycles. The van der Waals surface area contributed by atoms with E-state index in [1.54, 1.807) is 16.8 Å². The molecule has 2 aromatic rings. The van der Waals surface area contributed by atoms with E-state index in [2.05, 4.69) is 15.5 Å². The van der Waals surface area contributed by atoms with Crippen LogP contribution in [0.3, 0.4) is 0 Å². The molecule has 3 rings (SSSR count). The lowest BCUT2D eigenvalue weighted by Crippen LogP contribution is -2.12. The maximum Gasteiger partial charge on any atom is 0.184 e. The highest BCUT2D eigenvalue weighted by molar-refractivity contribution is 6.43. The zero-order valence-electron chi connectivity index (χ0n) is 9.88. The molecule has 1 saturated heterocycles. The molecule has 6 nitrogen and oxygen atoms in total. The van der Waals surface area contributed by atoms with E-state index >= 15 is 0 Å². The van der Waals surface area contributed by atoms with Gasteiger partial charge in [0.25, 0.3) is 0 Å². The van der Waals surface area contributed by atoms with Crippen molar-refractivity contribution in [2.24, 2.45) is 0 Å². The number of anilines is 1. The maximum atomic E-state index is 6.21. The number of hydrogen-bond acceptors (Lipinski definition) is 5. The van der Waals surface area contributed by atoms with Crippen molar-refractivity contribution in [1.29, 1.82) is 0 Å². The minimum absolute atomic E-state index is 0.112. The third-order valence-electron chi connectivity index (χ3n) is 3.04. The first-order chi connectivity index (χ1) is 9.16. The summed E-state index contributed by atoms with van der Waals surface area (Å²) in [6.07, 6.45) is 0.867. The first kappa shape index (κ1) is 12.7. The molecular formula is C11H11Cl2N5O. The van der Waals surface area contributed by atoms with E-state index < -0.39 is 0 Å². The van der Waals surface area contributed by atoms with Crippen LogP contribution in [0, 0.1) is 0 Å². The lowest BCUT2D eigenvalue weighted by molar-refractivity contribution is 0.184. The van der Waals surface area contributed by atoms with Crippen LogP contribution in [0.5, 0.6) is 0 Å². The molecule has 1 aliphatic rings. The highest BCUT2D eigenvalue weighted by Gasteiger charge is 2.24. The molecule has 1 unspecified atom stereocenters. The van der Waals surface area contributed by atoms with Crippen LogP contribution >= 0.6 is 23.2 Å². The third-order valence-corrected chi connectivity index (χ3v) is 3.84. The van der Waals surface area contributed by atoms with Gasteiger partial charge in [0, 0.05) is 17.9 Å². The first-order valence-corrected chi connectivity index (χ1v) is 6.53. The molecule has 0 bridgehead atoms. The van der Waals surface area contributed by atoms with Crippen molar-refractivity contribution >= 4 is 28.9 Å². The van der Waals surface area contributed by atoms with E-state index in [4.69, 9.17) is 33.7 Å². The van der Waals surface area contributed by atoms with Gasteiger partial charge in [-0.05, 0) is 29.0 Å². The summed E-state index contributed by atoms with van der Waals surface area (Å²) in [4.78, 5) is 0. The smallest absolute Gasteiger partial charge is 0.184 e. The van der Waals surface area contributed by atoms with E-state index in [-0.39, 0.29) is 6.04 Å². The molecule has 1 aromatic heterocycles. The number of nitrogens with two attached hydrogens (primary N) is 1. The zero-order chi connectivity index (χ0) is 13.4. The molecular weight excluding hydrogens is 289 g/mol. The lowest BCUT2D eigenvalue weighted by atomic mass is 10.1. The monoisotopic (exact) mass is 299 g/mol. The molecule has 1 aliphatic heterocycles. The van der Waals surface area contributed by atoms with Crippen molar-refractivity contribution in [2.75, 3.05) is 18.9 Å². The van der Waals surface area contributed by atoms with E-state index in [1.165, 1.54) is 0 Å². The fourth-order valence-electron chi connectivity index (χ4n) is 2.10. The largest absolute Gasteiger partial charge is 0.399 e. The van der Waals surface area contributed by atoms with Crippen LogP contribution in [0.15, 0.2) is 12.1 Å². The van der Waals surface area contributed by atoms with Gasteiger partial charge >= 0.3 is 0 Å².